The first-order chi connectivity index (χ1) is 15.6. The maximum Gasteiger partial charge on any atom is 0.508 e. The van der Waals surface area contributed by atoms with E-state index in [2.05, 4.69) is 6.58 Å². The second kappa shape index (κ2) is 7.85. The van der Waals surface area contributed by atoms with E-state index in [9.17, 15) is 4.79 Å². The Balaban J connectivity index is 1.74. The van der Waals surface area contributed by atoms with E-state index in [1.54, 1.807) is 21.3 Å². The van der Waals surface area contributed by atoms with Gasteiger partial charge in [0.15, 0.2) is 23.0 Å². The Hall–Kier alpha value is -3.55. The van der Waals surface area contributed by atoms with Crippen LogP contribution in [0.15, 0.2) is 36.9 Å². The minimum atomic E-state index is -0.677. The van der Waals surface area contributed by atoms with Crippen LogP contribution in [-0.2, 0) is 9.47 Å². The highest BCUT2D eigenvalue weighted by Crippen LogP contribution is 2.55. The second-order valence-corrected chi connectivity index (χ2v) is 7.85. The van der Waals surface area contributed by atoms with E-state index < -0.39 is 12.3 Å². The number of cyclic esters (lactones) is 1. The van der Waals surface area contributed by atoms with Gasteiger partial charge in [-0.2, -0.15) is 0 Å². The molecule has 168 valence electrons. The Morgan fingerprint density at radius 1 is 0.938 bits per heavy atom. The summed E-state index contributed by atoms with van der Waals surface area (Å²) >= 11 is 0. The molecule has 0 saturated carbocycles. The van der Waals surface area contributed by atoms with Crippen molar-refractivity contribution in [2.75, 3.05) is 34.7 Å². The van der Waals surface area contributed by atoms with Crippen LogP contribution in [0.5, 0.6) is 28.7 Å². The molecule has 0 spiro atoms. The molecule has 8 nitrogen and oxygen atoms in total. The number of allylic oxidation sites excluding steroid dienone is 1. The molecule has 3 aliphatic rings. The van der Waals surface area contributed by atoms with Gasteiger partial charge in [0.1, 0.15) is 12.7 Å². The van der Waals surface area contributed by atoms with Crippen LogP contribution in [0.3, 0.4) is 0 Å². The second-order valence-electron chi connectivity index (χ2n) is 7.85. The van der Waals surface area contributed by atoms with Gasteiger partial charge < -0.3 is 33.2 Å². The van der Waals surface area contributed by atoms with E-state index in [-0.39, 0.29) is 31.2 Å². The molecule has 5 rings (SSSR count). The number of hydrogen-bond acceptors (Lipinski definition) is 8. The van der Waals surface area contributed by atoms with Gasteiger partial charge in [0.25, 0.3) is 0 Å². The van der Waals surface area contributed by atoms with E-state index in [0.29, 0.717) is 28.7 Å². The number of fused-ring (bicyclic) bond motifs is 4. The molecule has 2 aliphatic heterocycles. The topological polar surface area (TPSA) is 81.7 Å². The fourth-order valence-electron chi connectivity index (χ4n) is 5.02. The smallest absolute Gasteiger partial charge is 0.493 e. The molecule has 1 aliphatic carbocycles. The average molecular weight is 440 g/mol. The van der Waals surface area contributed by atoms with Crippen molar-refractivity contribution in [1.82, 2.24) is 0 Å². The van der Waals surface area contributed by atoms with Gasteiger partial charge in [0.05, 0.1) is 21.3 Å². The molecule has 2 heterocycles. The predicted molar refractivity (Wildman–Crippen MR) is 113 cm³/mol. The zero-order valence-corrected chi connectivity index (χ0v) is 18.1. The van der Waals surface area contributed by atoms with Crippen LogP contribution in [-0.4, -0.2) is 40.9 Å². The van der Waals surface area contributed by atoms with Crippen molar-refractivity contribution < 1.29 is 38.0 Å². The molecule has 4 atom stereocenters. The van der Waals surface area contributed by atoms with Crippen molar-refractivity contribution in [1.29, 1.82) is 0 Å². The van der Waals surface area contributed by atoms with Crippen molar-refractivity contribution in [2.24, 2.45) is 11.8 Å². The molecule has 0 amide bonds. The summed E-state index contributed by atoms with van der Waals surface area (Å²) in [5, 5.41) is 0. The van der Waals surface area contributed by atoms with Crippen LogP contribution in [0.4, 0.5) is 4.79 Å². The molecule has 0 unspecified atom stereocenters. The van der Waals surface area contributed by atoms with Gasteiger partial charge in [-0.3, -0.25) is 0 Å². The third-order valence-corrected chi connectivity index (χ3v) is 6.42. The fourth-order valence-corrected chi connectivity index (χ4v) is 5.02. The number of carbonyl (C=O) groups is 1. The lowest BCUT2D eigenvalue weighted by atomic mass is 9.65. The highest BCUT2D eigenvalue weighted by Gasteiger charge is 2.48. The van der Waals surface area contributed by atoms with Crippen molar-refractivity contribution >= 4 is 6.16 Å². The highest BCUT2D eigenvalue weighted by atomic mass is 16.7. The Kier molecular flexibility index (Phi) is 5.00. The Labute approximate surface area is 185 Å². The molecule has 2 aromatic rings. The lowest BCUT2D eigenvalue weighted by Gasteiger charge is -2.44. The third kappa shape index (κ3) is 3.01. The molecular formula is C24H24O8. The zero-order chi connectivity index (χ0) is 22.4. The summed E-state index contributed by atoms with van der Waals surface area (Å²) in [5.74, 6) is 2.55. The monoisotopic (exact) mass is 440 g/mol. The first-order valence-corrected chi connectivity index (χ1v) is 10.3. The molecular weight excluding hydrogens is 416 g/mol. The van der Waals surface area contributed by atoms with Crippen LogP contribution < -0.4 is 23.7 Å². The number of methoxy groups -OCH3 is 3. The molecule has 8 heteroatoms. The van der Waals surface area contributed by atoms with Gasteiger partial charge in [-0.1, -0.05) is 6.08 Å². The maximum atomic E-state index is 12.0. The SMILES string of the molecule is C=C[C@H]1[C@H](c2cc(OC)c(OC)c(OC)c2)c2cc3c(cc2[C@H]2OC(=O)OC[C@@H]12)OCO3. The standard InChI is InChI=1S/C24H24O8/c1-5-13-16-10-29-24(25)32-22(16)15-9-18-17(30-11-31-18)8-14(15)21(13)12-6-19(26-2)23(28-4)20(7-12)27-3/h5-9,13,16,21-22H,1,10-11H2,2-4H3/t13-,16+,21+,22-/m1/s1. The molecule has 0 radical (unpaired) electrons. The summed E-state index contributed by atoms with van der Waals surface area (Å²) in [6, 6.07) is 7.74. The van der Waals surface area contributed by atoms with E-state index in [1.807, 2.05) is 30.3 Å². The Bertz CT molecular complexity index is 1050. The Morgan fingerprint density at radius 2 is 1.59 bits per heavy atom. The summed E-state index contributed by atoms with van der Waals surface area (Å²) in [6.45, 7) is 4.47. The fraction of sp³-hybridized carbons (Fsp3) is 0.375. The van der Waals surface area contributed by atoms with Crippen molar-refractivity contribution in [3.8, 4) is 28.7 Å². The van der Waals surface area contributed by atoms with E-state index in [1.165, 1.54) is 0 Å². The largest absolute Gasteiger partial charge is 0.508 e. The van der Waals surface area contributed by atoms with Gasteiger partial charge in [-0.15, -0.1) is 6.58 Å². The van der Waals surface area contributed by atoms with Gasteiger partial charge >= 0.3 is 6.16 Å². The van der Waals surface area contributed by atoms with Gasteiger partial charge in [-0.25, -0.2) is 4.79 Å². The van der Waals surface area contributed by atoms with Crippen molar-refractivity contribution in [3.63, 3.8) is 0 Å². The normalized spacial score (nSPS) is 25.0. The first-order valence-electron chi connectivity index (χ1n) is 10.3. The summed E-state index contributed by atoms with van der Waals surface area (Å²) in [6.07, 6.45) is 0.743. The van der Waals surface area contributed by atoms with Crippen molar-refractivity contribution in [2.45, 2.75) is 12.0 Å². The highest BCUT2D eigenvalue weighted by molar-refractivity contribution is 5.64. The molecule has 0 aromatic heterocycles. The van der Waals surface area contributed by atoms with Crippen LogP contribution in [0.1, 0.15) is 28.7 Å². The van der Waals surface area contributed by atoms with Crippen LogP contribution in [0.2, 0.25) is 0 Å². The third-order valence-electron chi connectivity index (χ3n) is 6.42. The molecule has 32 heavy (non-hydrogen) atoms. The lowest BCUT2D eigenvalue weighted by molar-refractivity contribution is -0.0791. The minimum Gasteiger partial charge on any atom is -0.493 e. The average Bonchev–Trinajstić information content (AvgIpc) is 3.28. The molecule has 0 bridgehead atoms. The number of carbonyl (C=O) groups excluding carboxylic acids is 1. The number of hydrogen-bond donors (Lipinski definition) is 0. The Morgan fingerprint density at radius 3 is 2.19 bits per heavy atom. The minimum absolute atomic E-state index is 0.0937. The summed E-state index contributed by atoms with van der Waals surface area (Å²) in [7, 11) is 4.74. The number of benzene rings is 2. The molecule has 2 aromatic carbocycles. The lowest BCUT2D eigenvalue weighted by Crippen LogP contribution is -2.41. The van der Waals surface area contributed by atoms with Crippen LogP contribution in [0.25, 0.3) is 0 Å². The van der Waals surface area contributed by atoms with E-state index in [0.717, 1.165) is 16.7 Å². The summed E-state index contributed by atoms with van der Waals surface area (Å²) < 4.78 is 38.8. The van der Waals surface area contributed by atoms with Crippen molar-refractivity contribution in [3.05, 3.63) is 53.6 Å². The van der Waals surface area contributed by atoms with Crippen LogP contribution in [0, 0.1) is 11.8 Å². The van der Waals surface area contributed by atoms with Gasteiger partial charge in [0, 0.05) is 17.4 Å². The predicted octanol–water partition coefficient (Wildman–Crippen LogP) is 4.21. The van der Waals surface area contributed by atoms with Gasteiger partial charge in [0.2, 0.25) is 12.5 Å². The number of rotatable bonds is 5. The molecule has 1 fully saturated rings. The van der Waals surface area contributed by atoms with Crippen LogP contribution >= 0.6 is 0 Å². The first kappa shape index (κ1) is 20.4. The maximum absolute atomic E-state index is 12.0. The molecule has 0 N–H and O–H groups in total. The zero-order valence-electron chi connectivity index (χ0n) is 18.1. The number of ether oxygens (including phenoxy) is 7. The quantitative estimate of drug-likeness (QED) is 0.505. The van der Waals surface area contributed by atoms with Gasteiger partial charge in [-0.05, 0) is 41.3 Å². The van der Waals surface area contributed by atoms with E-state index in [4.69, 9.17) is 33.2 Å². The van der Waals surface area contributed by atoms with E-state index >= 15 is 0 Å². The summed E-state index contributed by atoms with van der Waals surface area (Å²) in [4.78, 5) is 12.0. The molecule has 1 saturated heterocycles. The summed E-state index contributed by atoms with van der Waals surface area (Å²) in [5.41, 5.74) is 2.77.